The van der Waals surface area contributed by atoms with Crippen molar-refractivity contribution in [1.29, 1.82) is 0 Å². The summed E-state index contributed by atoms with van der Waals surface area (Å²) in [4.78, 5) is 11.5. The predicted octanol–water partition coefficient (Wildman–Crippen LogP) is 3.13. The van der Waals surface area contributed by atoms with E-state index >= 15 is 0 Å². The maximum absolute atomic E-state index is 11.5. The molecule has 26 heavy (non-hydrogen) atoms. The van der Waals surface area contributed by atoms with Gasteiger partial charge >= 0.3 is 6.09 Å². The van der Waals surface area contributed by atoms with Crippen LogP contribution in [0.15, 0.2) is 12.1 Å². The van der Waals surface area contributed by atoms with Gasteiger partial charge in [-0.05, 0) is 20.9 Å². The second-order valence-corrected chi connectivity index (χ2v) is 9.47. The van der Waals surface area contributed by atoms with Gasteiger partial charge < -0.3 is 24.8 Å². The summed E-state index contributed by atoms with van der Waals surface area (Å²) in [7, 11) is 7.48. The van der Waals surface area contributed by atoms with Gasteiger partial charge in [-0.2, -0.15) is 0 Å². The van der Waals surface area contributed by atoms with Crippen molar-refractivity contribution in [2.24, 2.45) is 0 Å². The Balaban J connectivity index is 3.38. The maximum Gasteiger partial charge on any atom is 0.407 e. The average Bonchev–Trinajstić information content (AvgIpc) is 2.56. The molecule has 0 aliphatic rings. The quantitative estimate of drug-likeness (QED) is 0.177. The number of carbonyl (C=O) groups excluding carboxylic acids is 1. The van der Waals surface area contributed by atoms with Gasteiger partial charge in [-0.25, -0.2) is 4.79 Å². The molecule has 0 aromatic heterocycles. The van der Waals surface area contributed by atoms with Gasteiger partial charge in [-0.3, -0.25) is 0 Å². The minimum absolute atomic E-state index is 0.156. The largest absolute Gasteiger partial charge is 0.447 e. The third-order valence-electron chi connectivity index (χ3n) is 2.84. The topological polar surface area (TPSA) is 68.8 Å². The maximum atomic E-state index is 11.5. The van der Waals surface area contributed by atoms with Crippen molar-refractivity contribution in [3.8, 4) is 0 Å². The van der Waals surface area contributed by atoms with Crippen LogP contribution in [0.25, 0.3) is 0 Å². The molecule has 0 aliphatic carbocycles. The van der Waals surface area contributed by atoms with E-state index in [4.69, 9.17) is 14.2 Å². The molecule has 1 amide bonds. The van der Waals surface area contributed by atoms with Crippen LogP contribution >= 0.6 is 21.6 Å². The third-order valence-corrected chi connectivity index (χ3v) is 5.81. The summed E-state index contributed by atoms with van der Waals surface area (Å²) in [6.07, 6.45) is 1.50. The van der Waals surface area contributed by atoms with E-state index in [2.05, 4.69) is 45.6 Å². The first-order valence-electron chi connectivity index (χ1n) is 8.88. The molecular weight excluding hydrogens is 371 g/mol. The van der Waals surface area contributed by atoms with E-state index in [0.717, 1.165) is 6.54 Å². The average molecular weight is 405 g/mol. The van der Waals surface area contributed by atoms with Gasteiger partial charge in [0.05, 0.1) is 19.8 Å². The molecule has 0 aromatic carbocycles. The normalized spacial score (nSPS) is 11.9. The molecule has 1 radical (unpaired) electrons. The number of hydrogen-bond donors (Lipinski definition) is 2. The Morgan fingerprint density at radius 2 is 2.00 bits per heavy atom. The Bertz CT molecular complexity index is 386. The fourth-order valence-corrected chi connectivity index (χ4v) is 3.95. The van der Waals surface area contributed by atoms with Gasteiger partial charge in [0.15, 0.2) is 0 Å². The lowest BCUT2D eigenvalue weighted by Gasteiger charge is -2.22. The zero-order chi connectivity index (χ0) is 19.7. The molecule has 0 bridgehead atoms. The Morgan fingerprint density at radius 3 is 2.69 bits per heavy atom. The lowest BCUT2D eigenvalue weighted by atomic mass is 9.66. The van der Waals surface area contributed by atoms with E-state index in [1.807, 2.05) is 19.1 Å². The summed E-state index contributed by atoms with van der Waals surface area (Å²) in [6, 6.07) is 0. The van der Waals surface area contributed by atoms with Gasteiger partial charge in [-0.1, -0.05) is 47.3 Å². The number of nitrogens with one attached hydrogen (secondary N) is 2. The molecule has 0 fully saturated rings. The fourth-order valence-electron chi connectivity index (χ4n) is 1.71. The Hall–Kier alpha value is -0.345. The van der Waals surface area contributed by atoms with Crippen molar-refractivity contribution in [2.45, 2.75) is 38.3 Å². The monoisotopic (exact) mass is 405 g/mol. The second kappa shape index (κ2) is 16.8. The molecule has 0 spiro atoms. The molecule has 0 unspecified atom stereocenters. The second-order valence-electron chi connectivity index (χ2n) is 6.52. The molecule has 0 heterocycles. The van der Waals surface area contributed by atoms with Crippen molar-refractivity contribution in [3.05, 3.63) is 12.1 Å². The highest BCUT2D eigenvalue weighted by Gasteiger charge is 2.17. The summed E-state index contributed by atoms with van der Waals surface area (Å²) in [5.41, 5.74) is 0. The predicted molar refractivity (Wildman–Crippen MR) is 114 cm³/mol. The zero-order valence-corrected chi connectivity index (χ0v) is 18.3. The number of hydrogen-bond acceptors (Lipinski definition) is 7. The van der Waals surface area contributed by atoms with E-state index in [0.29, 0.717) is 38.1 Å². The first-order chi connectivity index (χ1) is 12.4. The van der Waals surface area contributed by atoms with Crippen LogP contribution in [0.4, 0.5) is 4.79 Å². The summed E-state index contributed by atoms with van der Waals surface area (Å²) in [5, 5.41) is 5.80. The standard InChI is InChI=1S/C17H34BN2O4S2/c1-15(2)18-7-6-9-22-10-8-20-16(21)24-12-11-23-14-25-26-17(3,4)13-19-5/h6-7,15,19H,8-14H2,1-5H3,(H,20,21)/b7-6+. The van der Waals surface area contributed by atoms with Gasteiger partial charge in [-0.15, -0.1) is 5.98 Å². The first-order valence-corrected chi connectivity index (χ1v) is 11.2. The summed E-state index contributed by atoms with van der Waals surface area (Å²) in [5.74, 6) is 3.10. The molecular formula is C17H34BN2O4S2. The van der Waals surface area contributed by atoms with Crippen LogP contribution in [0, 0.1) is 0 Å². The number of amides is 1. The highest BCUT2D eigenvalue weighted by Crippen LogP contribution is 2.34. The summed E-state index contributed by atoms with van der Waals surface area (Å²) >= 11 is 0. The molecule has 151 valence electrons. The van der Waals surface area contributed by atoms with E-state index in [-0.39, 0.29) is 11.4 Å². The molecule has 0 aliphatic heterocycles. The van der Waals surface area contributed by atoms with Gasteiger partial charge in [0.1, 0.15) is 19.8 Å². The van der Waals surface area contributed by atoms with Gasteiger partial charge in [0.25, 0.3) is 0 Å². The Morgan fingerprint density at radius 1 is 1.23 bits per heavy atom. The fraction of sp³-hybridized carbons (Fsp3) is 0.824. The van der Waals surface area contributed by atoms with Crippen LogP contribution in [0.5, 0.6) is 0 Å². The third kappa shape index (κ3) is 18.4. The van der Waals surface area contributed by atoms with Crippen molar-refractivity contribution >= 4 is 35.0 Å². The SMILES string of the molecule is CNCC(C)(C)SSCOCCOC(=O)NCCOC/C=C/[B]C(C)C. The molecule has 0 atom stereocenters. The molecule has 0 saturated carbocycles. The van der Waals surface area contributed by atoms with Crippen molar-refractivity contribution in [2.75, 3.05) is 52.5 Å². The van der Waals surface area contributed by atoms with Crippen LogP contribution in [0.2, 0.25) is 5.82 Å². The van der Waals surface area contributed by atoms with Gasteiger partial charge in [0, 0.05) is 17.8 Å². The molecule has 0 aromatic rings. The van der Waals surface area contributed by atoms with E-state index in [9.17, 15) is 4.79 Å². The van der Waals surface area contributed by atoms with E-state index in [1.165, 1.54) is 0 Å². The smallest absolute Gasteiger partial charge is 0.407 e. The molecule has 0 saturated heterocycles. The van der Waals surface area contributed by atoms with Gasteiger partial charge in [0.2, 0.25) is 0 Å². The Kier molecular flexibility index (Phi) is 16.6. The van der Waals surface area contributed by atoms with Crippen molar-refractivity contribution < 1.29 is 19.0 Å². The lowest BCUT2D eigenvalue weighted by molar-refractivity contribution is 0.0906. The highest BCUT2D eigenvalue weighted by molar-refractivity contribution is 8.77. The molecule has 0 rings (SSSR count). The highest BCUT2D eigenvalue weighted by atomic mass is 33.1. The van der Waals surface area contributed by atoms with Crippen LogP contribution < -0.4 is 10.6 Å². The van der Waals surface area contributed by atoms with Crippen molar-refractivity contribution in [1.82, 2.24) is 10.6 Å². The lowest BCUT2D eigenvalue weighted by Crippen LogP contribution is -2.29. The first kappa shape index (κ1) is 25.7. The van der Waals surface area contributed by atoms with Crippen LogP contribution in [-0.2, 0) is 14.2 Å². The number of carbonyl (C=O) groups is 1. The van der Waals surface area contributed by atoms with Crippen molar-refractivity contribution in [3.63, 3.8) is 0 Å². The van der Waals surface area contributed by atoms with E-state index < -0.39 is 6.09 Å². The summed E-state index contributed by atoms with van der Waals surface area (Å²) < 4.78 is 16.0. The minimum Gasteiger partial charge on any atom is -0.447 e. The van der Waals surface area contributed by atoms with Crippen LogP contribution in [0.3, 0.4) is 0 Å². The van der Waals surface area contributed by atoms with Crippen LogP contribution in [-0.4, -0.2) is 70.6 Å². The Labute approximate surface area is 167 Å². The van der Waals surface area contributed by atoms with Crippen LogP contribution in [0.1, 0.15) is 27.7 Å². The number of ether oxygens (including phenoxy) is 3. The molecule has 2 N–H and O–H groups in total. The minimum atomic E-state index is -0.446. The van der Waals surface area contributed by atoms with E-state index in [1.54, 1.807) is 21.6 Å². The number of rotatable bonds is 16. The molecule has 9 heteroatoms. The number of alkyl carbamates (subject to hydrolysis) is 1. The summed E-state index contributed by atoms with van der Waals surface area (Å²) in [6.45, 7) is 11.6. The molecule has 6 nitrogen and oxygen atoms in total. The zero-order valence-electron chi connectivity index (χ0n) is 16.7.